The molecular weight excluding hydrogens is 419 g/mol. The van der Waals surface area contributed by atoms with Gasteiger partial charge in [-0.2, -0.15) is 13.2 Å². The van der Waals surface area contributed by atoms with Crippen molar-refractivity contribution in [1.82, 2.24) is 4.90 Å². The van der Waals surface area contributed by atoms with E-state index in [2.05, 4.69) is 0 Å². The third-order valence-corrected chi connectivity index (χ3v) is 6.93. The van der Waals surface area contributed by atoms with Crippen molar-refractivity contribution in [2.45, 2.75) is 51.4 Å². The topological polar surface area (TPSA) is 67.6 Å². The standard InChI is InChI=1S/C21H24F3NO4S/c1-2-3-7-20(26)25(17-10-11-30(27,28)14-17)13-18-8-9-19(29-18)15-5-4-6-16(12-15)21(22,23)24/h4-6,8-9,12,17H,2-3,7,10-11,13-14H2,1H3/t17-/m0/s1. The van der Waals surface area contributed by atoms with Crippen LogP contribution in [0.4, 0.5) is 13.2 Å². The molecule has 2 aromatic rings. The first-order chi connectivity index (χ1) is 14.1. The van der Waals surface area contributed by atoms with Gasteiger partial charge in [-0.05, 0) is 37.1 Å². The Labute approximate surface area is 173 Å². The van der Waals surface area contributed by atoms with Gasteiger partial charge in [0, 0.05) is 18.0 Å². The summed E-state index contributed by atoms with van der Waals surface area (Å²) in [4.78, 5) is 14.2. The summed E-state index contributed by atoms with van der Waals surface area (Å²) in [6.07, 6.45) is -2.23. The summed E-state index contributed by atoms with van der Waals surface area (Å²) in [6, 6.07) is 7.58. The summed E-state index contributed by atoms with van der Waals surface area (Å²) in [5.41, 5.74) is -0.492. The number of unbranched alkanes of at least 4 members (excludes halogenated alkanes) is 1. The Morgan fingerprint density at radius 3 is 2.63 bits per heavy atom. The number of furan rings is 1. The van der Waals surface area contributed by atoms with E-state index >= 15 is 0 Å². The van der Waals surface area contributed by atoms with E-state index < -0.39 is 27.6 Å². The fourth-order valence-electron chi connectivity index (χ4n) is 3.55. The number of nitrogens with zero attached hydrogens (tertiary/aromatic N) is 1. The van der Waals surface area contributed by atoms with Crippen LogP contribution in [0.3, 0.4) is 0 Å². The van der Waals surface area contributed by atoms with Gasteiger partial charge in [-0.1, -0.05) is 25.5 Å². The quantitative estimate of drug-likeness (QED) is 0.624. The molecular formula is C21H24F3NO4S. The lowest BCUT2D eigenvalue weighted by Crippen LogP contribution is -2.40. The largest absolute Gasteiger partial charge is 0.459 e. The fourth-order valence-corrected chi connectivity index (χ4v) is 5.28. The van der Waals surface area contributed by atoms with E-state index in [1.54, 1.807) is 12.1 Å². The van der Waals surface area contributed by atoms with Crippen LogP contribution in [-0.4, -0.2) is 36.8 Å². The molecule has 1 aromatic heterocycles. The molecule has 0 radical (unpaired) electrons. The molecule has 1 aliphatic heterocycles. The molecule has 0 bridgehead atoms. The van der Waals surface area contributed by atoms with E-state index in [0.717, 1.165) is 18.6 Å². The van der Waals surface area contributed by atoms with Crippen molar-refractivity contribution < 1.29 is 30.8 Å². The van der Waals surface area contributed by atoms with Gasteiger partial charge in [0.05, 0.1) is 23.6 Å². The minimum absolute atomic E-state index is 0.0445. The number of hydrogen-bond acceptors (Lipinski definition) is 4. The number of sulfone groups is 1. The highest BCUT2D eigenvalue weighted by atomic mass is 32.2. The van der Waals surface area contributed by atoms with Crippen LogP contribution in [0.5, 0.6) is 0 Å². The van der Waals surface area contributed by atoms with Crippen molar-refractivity contribution in [2.75, 3.05) is 11.5 Å². The number of halogens is 3. The molecule has 0 unspecified atom stereocenters. The number of amides is 1. The van der Waals surface area contributed by atoms with Crippen LogP contribution < -0.4 is 0 Å². The zero-order chi connectivity index (χ0) is 21.9. The second-order valence-corrected chi connectivity index (χ2v) is 9.76. The highest BCUT2D eigenvalue weighted by Crippen LogP contribution is 2.33. The van der Waals surface area contributed by atoms with Crippen molar-refractivity contribution in [3.63, 3.8) is 0 Å². The average molecular weight is 443 g/mol. The molecule has 1 saturated heterocycles. The molecule has 0 N–H and O–H groups in total. The van der Waals surface area contributed by atoms with Crippen molar-refractivity contribution in [3.05, 3.63) is 47.7 Å². The van der Waals surface area contributed by atoms with E-state index in [9.17, 15) is 26.4 Å². The SMILES string of the molecule is CCCCC(=O)N(Cc1ccc(-c2cccc(C(F)(F)F)c2)o1)[C@H]1CCS(=O)(=O)C1. The molecule has 5 nitrogen and oxygen atoms in total. The van der Waals surface area contributed by atoms with Gasteiger partial charge < -0.3 is 9.32 Å². The monoisotopic (exact) mass is 443 g/mol. The first-order valence-electron chi connectivity index (χ1n) is 9.85. The summed E-state index contributed by atoms with van der Waals surface area (Å²) >= 11 is 0. The normalized spacial score (nSPS) is 18.5. The van der Waals surface area contributed by atoms with Gasteiger partial charge in [0.2, 0.25) is 5.91 Å². The smallest absolute Gasteiger partial charge is 0.416 e. The minimum atomic E-state index is -4.46. The minimum Gasteiger partial charge on any atom is -0.459 e. The van der Waals surface area contributed by atoms with E-state index in [4.69, 9.17) is 4.42 Å². The predicted octanol–water partition coefficient (Wildman–Crippen LogP) is 4.67. The van der Waals surface area contributed by atoms with Gasteiger partial charge >= 0.3 is 6.18 Å². The third-order valence-electron chi connectivity index (χ3n) is 5.18. The Hall–Kier alpha value is -2.29. The molecule has 30 heavy (non-hydrogen) atoms. The lowest BCUT2D eigenvalue weighted by atomic mass is 10.1. The molecule has 164 valence electrons. The van der Waals surface area contributed by atoms with Gasteiger partial charge in [-0.25, -0.2) is 8.42 Å². The molecule has 0 spiro atoms. The summed E-state index contributed by atoms with van der Waals surface area (Å²) in [5.74, 6) is 0.484. The number of carbonyl (C=O) groups is 1. The molecule has 1 aliphatic rings. The zero-order valence-corrected chi connectivity index (χ0v) is 17.4. The molecule has 1 aromatic carbocycles. The van der Waals surface area contributed by atoms with Crippen LogP contribution in [0.25, 0.3) is 11.3 Å². The Morgan fingerprint density at radius 1 is 1.23 bits per heavy atom. The second kappa shape index (κ2) is 8.83. The van der Waals surface area contributed by atoms with Crippen molar-refractivity contribution in [2.24, 2.45) is 0 Å². The van der Waals surface area contributed by atoms with Crippen LogP contribution in [0.2, 0.25) is 0 Å². The molecule has 1 fully saturated rings. The fraction of sp³-hybridized carbons (Fsp3) is 0.476. The van der Waals surface area contributed by atoms with Crippen molar-refractivity contribution in [1.29, 1.82) is 0 Å². The first-order valence-corrected chi connectivity index (χ1v) is 11.7. The second-order valence-electron chi connectivity index (χ2n) is 7.53. The van der Waals surface area contributed by atoms with Gasteiger partial charge in [-0.3, -0.25) is 4.79 Å². The Bertz CT molecular complexity index is 998. The van der Waals surface area contributed by atoms with Gasteiger partial charge in [0.15, 0.2) is 9.84 Å². The van der Waals surface area contributed by atoms with Gasteiger partial charge in [0.25, 0.3) is 0 Å². The maximum absolute atomic E-state index is 13.0. The lowest BCUT2D eigenvalue weighted by Gasteiger charge is -2.27. The molecule has 9 heteroatoms. The van der Waals surface area contributed by atoms with Crippen LogP contribution >= 0.6 is 0 Å². The molecule has 1 amide bonds. The Kier molecular flexibility index (Phi) is 6.59. The number of rotatable bonds is 7. The Morgan fingerprint density at radius 2 is 2.00 bits per heavy atom. The van der Waals surface area contributed by atoms with Crippen LogP contribution in [0, 0.1) is 0 Å². The van der Waals surface area contributed by atoms with Crippen LogP contribution in [0.15, 0.2) is 40.8 Å². The van der Waals surface area contributed by atoms with Gasteiger partial charge in [0.1, 0.15) is 11.5 Å². The number of hydrogen-bond donors (Lipinski definition) is 0. The molecule has 2 heterocycles. The number of benzene rings is 1. The summed E-state index contributed by atoms with van der Waals surface area (Å²) in [7, 11) is -3.17. The summed E-state index contributed by atoms with van der Waals surface area (Å²) in [6.45, 7) is 2.05. The highest BCUT2D eigenvalue weighted by Gasteiger charge is 2.35. The van der Waals surface area contributed by atoms with E-state index in [-0.39, 0.29) is 35.3 Å². The maximum atomic E-state index is 13.0. The van der Waals surface area contributed by atoms with Gasteiger partial charge in [-0.15, -0.1) is 0 Å². The number of carbonyl (C=O) groups excluding carboxylic acids is 1. The molecule has 3 rings (SSSR count). The molecule has 1 atom stereocenters. The maximum Gasteiger partial charge on any atom is 0.416 e. The average Bonchev–Trinajstić information content (AvgIpc) is 3.29. The van der Waals surface area contributed by atoms with Crippen LogP contribution in [-0.2, 0) is 27.4 Å². The van der Waals surface area contributed by atoms with E-state index in [1.165, 1.54) is 17.0 Å². The molecule has 0 aliphatic carbocycles. The Balaban J connectivity index is 1.81. The van der Waals surface area contributed by atoms with E-state index in [0.29, 0.717) is 25.0 Å². The predicted molar refractivity (Wildman–Crippen MR) is 106 cm³/mol. The van der Waals surface area contributed by atoms with Crippen molar-refractivity contribution >= 4 is 15.7 Å². The lowest BCUT2D eigenvalue weighted by molar-refractivity contribution is -0.137. The highest BCUT2D eigenvalue weighted by molar-refractivity contribution is 7.91. The summed E-state index contributed by atoms with van der Waals surface area (Å²) in [5, 5.41) is 0. The summed E-state index contributed by atoms with van der Waals surface area (Å²) < 4.78 is 68.4. The van der Waals surface area contributed by atoms with Crippen molar-refractivity contribution in [3.8, 4) is 11.3 Å². The first kappa shape index (κ1) is 22.4. The van der Waals surface area contributed by atoms with Crippen LogP contribution in [0.1, 0.15) is 43.9 Å². The zero-order valence-electron chi connectivity index (χ0n) is 16.6. The molecule has 0 saturated carbocycles. The number of alkyl halides is 3. The van der Waals surface area contributed by atoms with E-state index in [1.807, 2.05) is 6.92 Å². The third kappa shape index (κ3) is 5.44.